The number of rotatable bonds is 4. The van der Waals surface area contributed by atoms with Gasteiger partial charge < -0.3 is 5.32 Å². The topological polar surface area (TPSA) is 42.7 Å². The Balaban J connectivity index is 2.69. The molecule has 1 aromatic rings. The van der Waals surface area contributed by atoms with Crippen LogP contribution in [0, 0.1) is 13.8 Å². The third-order valence-electron chi connectivity index (χ3n) is 2.51. The van der Waals surface area contributed by atoms with E-state index in [1.54, 1.807) is 0 Å². The van der Waals surface area contributed by atoms with Crippen LogP contribution in [0.4, 0.5) is 0 Å². The molecule has 1 heterocycles. The van der Waals surface area contributed by atoms with E-state index in [2.05, 4.69) is 29.2 Å². The molecule has 0 saturated heterocycles. The van der Waals surface area contributed by atoms with E-state index in [-0.39, 0.29) is 0 Å². The molecule has 4 nitrogen and oxygen atoms in total. The lowest BCUT2D eigenvalue weighted by atomic mass is 10.1. The number of aryl methyl sites for hydroxylation is 2. The van der Waals surface area contributed by atoms with Crippen LogP contribution < -0.4 is 5.32 Å². The summed E-state index contributed by atoms with van der Waals surface area (Å²) in [6.07, 6.45) is 1.07. The Bertz CT molecular complexity index is 292. The fourth-order valence-electron chi connectivity index (χ4n) is 1.68. The molecule has 0 aliphatic rings. The summed E-state index contributed by atoms with van der Waals surface area (Å²) >= 11 is 0. The maximum Gasteiger partial charge on any atom is 0.147 e. The van der Waals surface area contributed by atoms with Gasteiger partial charge >= 0.3 is 0 Å². The summed E-state index contributed by atoms with van der Waals surface area (Å²) in [6, 6.07) is 0.910. The van der Waals surface area contributed by atoms with Crippen LogP contribution in [0.25, 0.3) is 0 Å². The Kier molecular flexibility index (Phi) is 3.63. The van der Waals surface area contributed by atoms with E-state index in [9.17, 15) is 0 Å². The van der Waals surface area contributed by atoms with E-state index < -0.39 is 0 Å². The van der Waals surface area contributed by atoms with Crippen molar-refractivity contribution in [2.45, 2.75) is 46.2 Å². The van der Waals surface area contributed by atoms with Gasteiger partial charge in [0.15, 0.2) is 0 Å². The van der Waals surface area contributed by atoms with Gasteiger partial charge in [-0.1, -0.05) is 0 Å². The van der Waals surface area contributed by atoms with Crippen LogP contribution in [-0.2, 0) is 0 Å². The second-order valence-electron chi connectivity index (χ2n) is 3.93. The van der Waals surface area contributed by atoms with Crippen LogP contribution in [0.1, 0.15) is 38.0 Å². The zero-order chi connectivity index (χ0) is 10.7. The van der Waals surface area contributed by atoms with Gasteiger partial charge in [-0.05, 0) is 41.2 Å². The molecular weight excluding hydrogens is 176 g/mol. The molecule has 2 atom stereocenters. The van der Waals surface area contributed by atoms with Crippen LogP contribution in [0.5, 0.6) is 0 Å². The van der Waals surface area contributed by atoms with Crippen molar-refractivity contribution in [2.24, 2.45) is 0 Å². The highest BCUT2D eigenvalue weighted by Crippen LogP contribution is 2.13. The molecule has 0 spiro atoms. The lowest BCUT2D eigenvalue weighted by Gasteiger charge is -2.17. The zero-order valence-electron chi connectivity index (χ0n) is 9.70. The fourth-order valence-corrected chi connectivity index (χ4v) is 1.68. The fraction of sp³-hybridized carbons (Fsp3) is 0.800. The van der Waals surface area contributed by atoms with E-state index in [1.165, 1.54) is 0 Å². The summed E-state index contributed by atoms with van der Waals surface area (Å²) in [4.78, 5) is 4.30. The molecule has 0 saturated carbocycles. The standard InChI is InChI=1S/C10H20N4/c1-7(11-5)6-8(2)14-10(4)12-9(3)13-14/h7-8,11H,6H2,1-5H3. The van der Waals surface area contributed by atoms with Crippen molar-refractivity contribution in [1.29, 1.82) is 0 Å². The molecule has 80 valence electrons. The van der Waals surface area contributed by atoms with E-state index in [4.69, 9.17) is 0 Å². The van der Waals surface area contributed by atoms with Gasteiger partial charge in [0, 0.05) is 6.04 Å². The first-order valence-electron chi connectivity index (χ1n) is 5.11. The highest BCUT2D eigenvalue weighted by Gasteiger charge is 2.12. The van der Waals surface area contributed by atoms with Gasteiger partial charge in [-0.25, -0.2) is 9.67 Å². The summed E-state index contributed by atoms with van der Waals surface area (Å²) in [5, 5.41) is 7.61. The van der Waals surface area contributed by atoms with Gasteiger partial charge in [0.2, 0.25) is 0 Å². The first-order chi connectivity index (χ1) is 6.54. The number of hydrogen-bond acceptors (Lipinski definition) is 3. The third kappa shape index (κ3) is 2.54. The van der Waals surface area contributed by atoms with Crippen molar-refractivity contribution < 1.29 is 0 Å². The monoisotopic (exact) mass is 196 g/mol. The van der Waals surface area contributed by atoms with Crippen molar-refractivity contribution in [2.75, 3.05) is 7.05 Å². The van der Waals surface area contributed by atoms with Crippen LogP contribution in [-0.4, -0.2) is 27.9 Å². The van der Waals surface area contributed by atoms with Crippen LogP contribution in [0.2, 0.25) is 0 Å². The van der Waals surface area contributed by atoms with Crippen molar-refractivity contribution >= 4 is 0 Å². The molecule has 0 aliphatic heterocycles. The lowest BCUT2D eigenvalue weighted by Crippen LogP contribution is -2.25. The summed E-state index contributed by atoms with van der Waals surface area (Å²) in [5.41, 5.74) is 0. The molecule has 0 aromatic carbocycles. The van der Waals surface area contributed by atoms with Crippen molar-refractivity contribution in [1.82, 2.24) is 20.1 Å². The molecule has 0 fully saturated rings. The smallest absolute Gasteiger partial charge is 0.147 e. The molecule has 1 rings (SSSR count). The molecule has 0 radical (unpaired) electrons. The van der Waals surface area contributed by atoms with E-state index in [0.717, 1.165) is 18.1 Å². The molecule has 0 bridgehead atoms. The molecule has 14 heavy (non-hydrogen) atoms. The second-order valence-corrected chi connectivity index (χ2v) is 3.93. The molecule has 0 amide bonds. The first-order valence-corrected chi connectivity index (χ1v) is 5.11. The van der Waals surface area contributed by atoms with Gasteiger partial charge in [-0.15, -0.1) is 0 Å². The summed E-state index contributed by atoms with van der Waals surface area (Å²) in [6.45, 7) is 8.28. The molecule has 1 N–H and O–H groups in total. The molecular formula is C10H20N4. The predicted molar refractivity (Wildman–Crippen MR) is 57.3 cm³/mol. The van der Waals surface area contributed by atoms with Gasteiger partial charge in [0.1, 0.15) is 11.6 Å². The minimum Gasteiger partial charge on any atom is -0.317 e. The minimum atomic E-state index is 0.402. The summed E-state index contributed by atoms with van der Waals surface area (Å²) < 4.78 is 2.00. The van der Waals surface area contributed by atoms with Gasteiger partial charge in [-0.2, -0.15) is 5.10 Å². The average Bonchev–Trinajstić information content (AvgIpc) is 2.45. The van der Waals surface area contributed by atoms with Crippen LogP contribution >= 0.6 is 0 Å². The molecule has 2 unspecified atom stereocenters. The lowest BCUT2D eigenvalue weighted by molar-refractivity contribution is 0.394. The predicted octanol–water partition coefficient (Wildman–Crippen LogP) is 1.45. The van der Waals surface area contributed by atoms with Gasteiger partial charge in [0.25, 0.3) is 0 Å². The van der Waals surface area contributed by atoms with Crippen molar-refractivity contribution in [3.05, 3.63) is 11.6 Å². The minimum absolute atomic E-state index is 0.402. The molecule has 4 heteroatoms. The van der Waals surface area contributed by atoms with Crippen molar-refractivity contribution in [3.8, 4) is 0 Å². The zero-order valence-corrected chi connectivity index (χ0v) is 9.70. The Morgan fingerprint density at radius 2 is 2.00 bits per heavy atom. The number of aromatic nitrogens is 3. The highest BCUT2D eigenvalue weighted by molar-refractivity contribution is 4.90. The van der Waals surface area contributed by atoms with E-state index in [0.29, 0.717) is 12.1 Å². The Labute approximate surface area is 85.7 Å². The number of nitrogens with zero attached hydrogens (tertiary/aromatic N) is 3. The third-order valence-corrected chi connectivity index (χ3v) is 2.51. The Morgan fingerprint density at radius 3 is 2.43 bits per heavy atom. The van der Waals surface area contributed by atoms with Gasteiger partial charge in [-0.3, -0.25) is 0 Å². The number of nitrogens with one attached hydrogen (secondary N) is 1. The Morgan fingerprint density at radius 1 is 1.36 bits per heavy atom. The van der Waals surface area contributed by atoms with Crippen molar-refractivity contribution in [3.63, 3.8) is 0 Å². The van der Waals surface area contributed by atoms with Crippen LogP contribution in [0.15, 0.2) is 0 Å². The largest absolute Gasteiger partial charge is 0.317 e. The quantitative estimate of drug-likeness (QED) is 0.792. The highest BCUT2D eigenvalue weighted by atomic mass is 15.4. The second kappa shape index (κ2) is 4.55. The first kappa shape index (κ1) is 11.2. The normalized spacial score (nSPS) is 15.5. The van der Waals surface area contributed by atoms with E-state index in [1.807, 2.05) is 25.6 Å². The van der Waals surface area contributed by atoms with Crippen LogP contribution in [0.3, 0.4) is 0 Å². The maximum absolute atomic E-state index is 4.38. The van der Waals surface area contributed by atoms with E-state index >= 15 is 0 Å². The average molecular weight is 196 g/mol. The van der Waals surface area contributed by atoms with Gasteiger partial charge in [0.05, 0.1) is 6.04 Å². The SMILES string of the molecule is CNC(C)CC(C)n1nc(C)nc1C. The summed E-state index contributed by atoms with van der Waals surface area (Å²) in [5.74, 6) is 1.85. The molecule has 0 aliphatic carbocycles. The molecule has 1 aromatic heterocycles. The summed E-state index contributed by atoms with van der Waals surface area (Å²) in [7, 11) is 1.98. The Hall–Kier alpha value is -0.900. The maximum atomic E-state index is 4.38. The number of hydrogen-bond donors (Lipinski definition) is 1.